The summed E-state index contributed by atoms with van der Waals surface area (Å²) in [5.41, 5.74) is -29.3. The summed E-state index contributed by atoms with van der Waals surface area (Å²) in [5, 5.41) is 1.04. The van der Waals surface area contributed by atoms with Crippen molar-refractivity contribution in [2.24, 2.45) is 0 Å². The van der Waals surface area contributed by atoms with E-state index in [1.165, 1.54) is 36.4 Å². The molecule has 442 valence electrons. The zero-order chi connectivity index (χ0) is 105. The van der Waals surface area contributed by atoms with E-state index in [9.17, 15) is 32.9 Å². The van der Waals surface area contributed by atoms with Gasteiger partial charge in [-0.2, -0.15) is 0 Å². The molecule has 0 bridgehead atoms. The lowest BCUT2D eigenvalue weighted by atomic mass is 9.63. The Morgan fingerprint density at radius 3 is 1.71 bits per heavy atom. The van der Waals surface area contributed by atoms with Crippen molar-refractivity contribution in [3.8, 4) is 107 Å². The molecule has 0 unspecified atom stereocenters. The maximum Gasteiger partial charge on any atom is 0.269 e. The highest BCUT2D eigenvalue weighted by molar-refractivity contribution is 6.09. The van der Waals surface area contributed by atoms with Crippen molar-refractivity contribution in [2.45, 2.75) is 57.8 Å². The highest BCUT2D eigenvalue weighted by Gasteiger charge is 2.37. The number of rotatable bonds is 12. The van der Waals surface area contributed by atoms with Gasteiger partial charge in [-0.3, -0.25) is 13.7 Å². The molecule has 0 atom stereocenters. The van der Waals surface area contributed by atoms with E-state index >= 15 is 0 Å². The lowest BCUT2D eigenvalue weighted by Gasteiger charge is -2.42. The average Bonchev–Trinajstić information content (AvgIpc) is 0.674. The Kier molecular flexibility index (Phi) is 5.99. The van der Waals surface area contributed by atoms with Gasteiger partial charge in [-0.05, 0) is 198 Å². The number of aryl methyl sites for hydroxylation is 1. The second-order valence-corrected chi connectivity index (χ2v) is 20.9. The van der Waals surface area contributed by atoms with Gasteiger partial charge in [0.05, 0.1) is 75.9 Å². The van der Waals surface area contributed by atoms with Crippen LogP contribution >= 0.6 is 0 Å². The molecule has 12 aromatic carbocycles. The summed E-state index contributed by atoms with van der Waals surface area (Å²) in [6.07, 6.45) is -5.88. The number of imidazole rings is 1. The molecule has 15 aromatic rings. The Bertz CT molecular complexity index is 7800. The Labute approximate surface area is 608 Å². The molecule has 92 heavy (non-hydrogen) atoms. The molecule has 0 saturated heterocycles. The molecule has 5 nitrogen and oxygen atoms in total. The van der Waals surface area contributed by atoms with Crippen molar-refractivity contribution in [1.29, 1.82) is 0 Å². The fraction of sp³-hybridized carbons (Fsp3) is 0.103. The number of fused-ring (bicyclic) bond motifs is 5. The third kappa shape index (κ3) is 10.2. The van der Waals surface area contributed by atoms with Crippen molar-refractivity contribution < 1.29 is 77.8 Å². The molecular weight excluding hydrogens is 1120 g/mol. The predicted molar refractivity (Wildman–Crippen MR) is 380 cm³/mol. The minimum absolute atomic E-state index is 0.0349. The van der Waals surface area contributed by atoms with Crippen molar-refractivity contribution in [1.82, 2.24) is 14.1 Å². The quantitative estimate of drug-likeness (QED) is 0.0903. The SMILES string of the molecule is [2H]c1c([2H])c([2H])c(-c2cc(-c3c([2H])c(-c4c([2H])c([2H])c([2H])c([2H])c4[2H])c([2H])c(-c4c([2H])c([2H])c([2H])c([2H])c4[2H])c3[2H])c(-[n+]3[c-]n(-c4cccc(Oc5ccc6c7ccccc7n(-c7cc(C([2H])([2H])[2H])c(-c8c([2H])c([2H])c([2H])c([2H])c8[2H])cn7)c6c5)c4)c4cc(-c5c([2H])c([2H])c([2H])c([2H])c5[2H])ccc43)c(-c3c([2H])c([2H])c4c(c3[2H])C(C([2H])([2H])[2H])(C([2H])([2H])[2H])C([2H])([2H])C([2H])([2H])C4(C([2H])([2H])[2H])C([2H])([2H])[2H])c2)c([2H])c1[2H]. The number of aromatic nitrogens is 4. The van der Waals surface area contributed by atoms with Crippen LogP contribution < -0.4 is 9.30 Å². The summed E-state index contributed by atoms with van der Waals surface area (Å²) in [7, 11) is 0. The van der Waals surface area contributed by atoms with Crippen molar-refractivity contribution in [3.05, 3.63) is 320 Å². The molecule has 3 aromatic heterocycles. The summed E-state index contributed by atoms with van der Waals surface area (Å²) in [4.78, 5) is 4.65. The van der Waals surface area contributed by atoms with Crippen molar-refractivity contribution in [2.75, 3.05) is 0 Å². The van der Waals surface area contributed by atoms with Crippen LogP contribution in [0.4, 0.5) is 0 Å². The third-order valence-corrected chi connectivity index (χ3v) is 15.2. The second-order valence-electron chi connectivity index (χ2n) is 20.9. The van der Waals surface area contributed by atoms with Gasteiger partial charge >= 0.3 is 0 Å². The van der Waals surface area contributed by atoms with Crippen molar-refractivity contribution >= 4 is 32.8 Å². The molecule has 0 aliphatic heterocycles. The van der Waals surface area contributed by atoms with Crippen LogP contribution in [-0.2, 0) is 10.8 Å². The minimum atomic E-state index is -5.04. The number of pyridine rings is 1. The molecule has 0 spiro atoms. The highest BCUT2D eigenvalue weighted by atomic mass is 16.5. The van der Waals surface area contributed by atoms with Crippen molar-refractivity contribution in [3.63, 3.8) is 0 Å². The lowest BCUT2D eigenvalue weighted by molar-refractivity contribution is -0.571. The van der Waals surface area contributed by atoms with Crippen LogP contribution in [0.3, 0.4) is 0 Å². The van der Waals surface area contributed by atoms with Crippen LogP contribution in [0.1, 0.15) is 125 Å². The smallest absolute Gasteiger partial charge is 0.269 e. The monoisotopic (exact) mass is 1230 g/mol. The first-order valence-electron chi connectivity index (χ1n) is 52.8. The summed E-state index contributed by atoms with van der Waals surface area (Å²) in [6, 6.07) is -13.4. The maximum atomic E-state index is 10.9. The Morgan fingerprint density at radius 2 is 1.04 bits per heavy atom. The summed E-state index contributed by atoms with van der Waals surface area (Å²) in [5.74, 6) is -0.278. The fourth-order valence-electron chi connectivity index (χ4n) is 11.1. The largest absolute Gasteiger partial charge is 0.458 e. The van der Waals surface area contributed by atoms with E-state index in [0.29, 0.717) is 22.4 Å². The van der Waals surface area contributed by atoms with Crippen LogP contribution in [0.25, 0.3) is 128 Å². The van der Waals surface area contributed by atoms with E-state index in [-0.39, 0.29) is 45.2 Å². The van der Waals surface area contributed by atoms with E-state index in [4.69, 9.17) is 40.4 Å². The average molecular weight is 1240 g/mol. The maximum absolute atomic E-state index is 10.9. The van der Waals surface area contributed by atoms with Gasteiger partial charge in [0.25, 0.3) is 6.33 Å². The van der Waals surface area contributed by atoms with E-state index in [1.807, 2.05) is 0 Å². The normalized spacial score (nSPS) is 22.9. The second kappa shape index (κ2) is 22.7. The molecule has 0 saturated carbocycles. The molecular formula is C87H68N4O. The van der Waals surface area contributed by atoms with Gasteiger partial charge in [0.1, 0.15) is 17.3 Å². The molecule has 5 heteroatoms. The summed E-state index contributed by atoms with van der Waals surface area (Å²) < 4.78 is 476. The minimum Gasteiger partial charge on any atom is -0.458 e. The summed E-state index contributed by atoms with van der Waals surface area (Å²) in [6.45, 7) is -22.0. The van der Waals surface area contributed by atoms with Crippen LogP contribution in [-0.4, -0.2) is 14.1 Å². The van der Waals surface area contributed by atoms with Gasteiger partial charge in [-0.1, -0.05) is 233 Å². The van der Waals surface area contributed by atoms with Gasteiger partial charge in [-0.15, -0.1) is 0 Å². The molecule has 3 heterocycles. The van der Waals surface area contributed by atoms with Crippen LogP contribution in [0.15, 0.2) is 297 Å². The topological polar surface area (TPSA) is 35.9 Å². The third-order valence-electron chi connectivity index (χ3n) is 15.2. The number of ether oxygens (including phenoxy) is 1. The van der Waals surface area contributed by atoms with E-state index in [0.717, 1.165) is 45.7 Å². The molecule has 0 fully saturated rings. The Morgan fingerprint density at radius 1 is 0.457 bits per heavy atom. The molecule has 0 amide bonds. The Hall–Kier alpha value is -11.1. The number of hydrogen-bond acceptors (Lipinski definition) is 2. The van der Waals surface area contributed by atoms with Crippen LogP contribution in [0.5, 0.6) is 11.5 Å². The van der Waals surface area contributed by atoms with Crippen LogP contribution in [0, 0.1) is 13.2 Å². The molecule has 1 aliphatic carbocycles. The highest BCUT2D eigenvalue weighted by Crippen LogP contribution is 2.49. The van der Waals surface area contributed by atoms with E-state index in [2.05, 4.69) is 11.3 Å². The van der Waals surface area contributed by atoms with E-state index in [1.54, 1.807) is 34.9 Å². The molecule has 0 radical (unpaired) electrons. The van der Waals surface area contributed by atoms with Gasteiger partial charge < -0.3 is 4.74 Å². The van der Waals surface area contributed by atoms with Crippen LogP contribution in [0.2, 0.25) is 0 Å². The number of hydrogen-bond donors (Lipinski definition) is 0. The summed E-state index contributed by atoms with van der Waals surface area (Å²) >= 11 is 0. The molecule has 1 aliphatic rings. The van der Waals surface area contributed by atoms with Gasteiger partial charge in [0.15, 0.2) is 0 Å². The molecule has 0 N–H and O–H groups in total. The standard InChI is InChI=1S/C87H68N4O/c1-58-46-84(88-56-77(58)63-32-19-10-20-33-63)91-80-37-22-21-36-73(80)74-41-40-72(55-82(74)91)92-71-35-23-34-70(54-71)89-57-90(81-43-39-64(53-83(81)89)59-24-11-6-12-25-59)85-75(65-38-42-78-79(52-65)87(4,5)45-44-86(78,2)3)50-68(62-30-17-9-18-31-62)51-76(85)69-48-66(60-26-13-7-14-27-60)47-67(49-69)61-28-15-8-16-29-61/h6-43,46-56H,44-45H2,1-5H3/i1D3,2D3,3D3,4D3,5D3,6D,7D,8D,9D,10D,11D,12D,13D,14D,15D,16D,17D,18D,19D,20D,24D,25D,26D,27D,28D,29D,30D,31D,32D,33D,38D,42D,44D2,45D2,47D,48D,49D,52D. The fourth-order valence-corrected chi connectivity index (χ4v) is 11.1. The zero-order valence-electron chi connectivity index (χ0n) is 97.1. The first-order valence-corrected chi connectivity index (χ1v) is 27.8. The predicted octanol–water partition coefficient (Wildman–Crippen LogP) is 22.3. The first-order chi connectivity index (χ1) is 65.6. The Balaban J connectivity index is 1.11. The first kappa shape index (κ1) is 24.2. The number of nitrogens with zero attached hydrogens (tertiary/aromatic N) is 4. The number of para-hydroxylation sites is 1. The van der Waals surface area contributed by atoms with E-state index < -0.39 is 340 Å². The molecule has 16 rings (SSSR count). The zero-order valence-corrected chi connectivity index (χ0v) is 47.1. The number of benzene rings is 12. The van der Waals surface area contributed by atoms with Gasteiger partial charge in [-0.25, -0.2) is 4.98 Å². The van der Waals surface area contributed by atoms with Gasteiger partial charge in [0, 0.05) is 54.6 Å². The van der Waals surface area contributed by atoms with Gasteiger partial charge in [0.2, 0.25) is 0 Å². The lowest BCUT2D eigenvalue weighted by Crippen LogP contribution is -2.34.